The van der Waals surface area contributed by atoms with Crippen LogP contribution >= 0.6 is 11.3 Å². The molecule has 0 saturated carbocycles. The molecular weight excluding hydrogens is 263 g/mol. The molecule has 2 aromatic rings. The summed E-state index contributed by atoms with van der Waals surface area (Å²) in [6.45, 7) is 5.90. The van der Waals surface area contributed by atoms with E-state index in [1.165, 1.54) is 23.5 Å². The highest BCUT2D eigenvalue weighted by Gasteiger charge is 2.15. The van der Waals surface area contributed by atoms with E-state index in [1.807, 2.05) is 20.8 Å². The summed E-state index contributed by atoms with van der Waals surface area (Å²) in [5, 5.41) is 3.72. The number of aromatic nitrogens is 1. The zero-order chi connectivity index (χ0) is 14.0. The van der Waals surface area contributed by atoms with E-state index in [0.717, 1.165) is 15.2 Å². The van der Waals surface area contributed by atoms with Crippen molar-refractivity contribution in [1.82, 2.24) is 10.3 Å². The summed E-state index contributed by atoms with van der Waals surface area (Å²) in [6, 6.07) is 4.38. The number of hydrogen-bond donors (Lipinski definition) is 1. The maximum Gasteiger partial charge on any atom is 0.220 e. The number of halogens is 1. The summed E-state index contributed by atoms with van der Waals surface area (Å²) in [5.41, 5.74) is 0.770. The second-order valence-corrected chi connectivity index (χ2v) is 6.11. The number of hydrogen-bond acceptors (Lipinski definition) is 3. The average molecular weight is 280 g/mol. The number of nitrogens with zero attached hydrogens (tertiary/aromatic N) is 1. The van der Waals surface area contributed by atoms with Gasteiger partial charge in [-0.2, -0.15) is 0 Å². The summed E-state index contributed by atoms with van der Waals surface area (Å²) in [4.78, 5) is 16.1. The van der Waals surface area contributed by atoms with Crippen LogP contribution in [0.5, 0.6) is 0 Å². The maximum absolute atomic E-state index is 13.1. The highest BCUT2D eigenvalue weighted by atomic mass is 32.1. The van der Waals surface area contributed by atoms with Crippen LogP contribution in [0.4, 0.5) is 4.39 Å². The lowest BCUT2D eigenvalue weighted by Gasteiger charge is -2.12. The maximum atomic E-state index is 13.1. The number of thiazole rings is 1. The van der Waals surface area contributed by atoms with Gasteiger partial charge in [0.2, 0.25) is 5.91 Å². The minimum Gasteiger partial charge on any atom is -0.347 e. The van der Waals surface area contributed by atoms with Crippen molar-refractivity contribution in [3.8, 4) is 0 Å². The van der Waals surface area contributed by atoms with E-state index < -0.39 is 0 Å². The Labute approximate surface area is 115 Å². The van der Waals surface area contributed by atoms with Gasteiger partial charge in [-0.3, -0.25) is 4.79 Å². The standard InChI is InChI=1S/C14H17FN2OS/c1-8(2)6-13(18)16-9(3)14-17-11-5-4-10(15)7-12(11)19-14/h4-5,7-9H,6H2,1-3H3,(H,16,18)/t9-/m1/s1. The molecule has 0 aliphatic rings. The van der Waals surface area contributed by atoms with Crippen LogP contribution in [0.3, 0.4) is 0 Å². The number of carbonyl (C=O) groups is 1. The van der Waals surface area contributed by atoms with Gasteiger partial charge in [0, 0.05) is 6.42 Å². The zero-order valence-electron chi connectivity index (χ0n) is 11.2. The lowest BCUT2D eigenvalue weighted by molar-refractivity contribution is -0.122. The predicted molar refractivity (Wildman–Crippen MR) is 75.6 cm³/mol. The third-order valence-electron chi connectivity index (χ3n) is 2.71. The second kappa shape index (κ2) is 5.65. The van der Waals surface area contributed by atoms with Gasteiger partial charge in [-0.25, -0.2) is 9.37 Å². The van der Waals surface area contributed by atoms with Crippen LogP contribution in [0, 0.1) is 11.7 Å². The van der Waals surface area contributed by atoms with E-state index in [4.69, 9.17) is 0 Å². The van der Waals surface area contributed by atoms with E-state index in [-0.39, 0.29) is 17.8 Å². The fraction of sp³-hybridized carbons (Fsp3) is 0.429. The lowest BCUT2D eigenvalue weighted by atomic mass is 10.1. The average Bonchev–Trinajstić information content (AvgIpc) is 2.70. The van der Waals surface area contributed by atoms with Crippen LogP contribution < -0.4 is 5.32 Å². The van der Waals surface area contributed by atoms with Crippen molar-refractivity contribution in [1.29, 1.82) is 0 Å². The number of amides is 1. The van der Waals surface area contributed by atoms with E-state index in [0.29, 0.717) is 12.3 Å². The van der Waals surface area contributed by atoms with Crippen molar-refractivity contribution in [3.63, 3.8) is 0 Å². The van der Waals surface area contributed by atoms with Crippen LogP contribution in [0.25, 0.3) is 10.2 Å². The molecule has 1 aromatic heterocycles. The molecule has 0 fully saturated rings. The summed E-state index contributed by atoms with van der Waals surface area (Å²) in [7, 11) is 0. The minimum absolute atomic E-state index is 0.0212. The summed E-state index contributed by atoms with van der Waals surface area (Å²) < 4.78 is 13.9. The van der Waals surface area contributed by atoms with Crippen LogP contribution in [-0.2, 0) is 4.79 Å². The highest BCUT2D eigenvalue weighted by molar-refractivity contribution is 7.18. The number of fused-ring (bicyclic) bond motifs is 1. The predicted octanol–water partition coefficient (Wildman–Crippen LogP) is 3.66. The molecule has 0 bridgehead atoms. The second-order valence-electron chi connectivity index (χ2n) is 5.05. The molecule has 5 heteroatoms. The Balaban J connectivity index is 2.13. The third-order valence-corrected chi connectivity index (χ3v) is 3.91. The molecule has 0 saturated heterocycles. The van der Waals surface area contributed by atoms with Crippen LogP contribution in [-0.4, -0.2) is 10.9 Å². The fourth-order valence-electron chi connectivity index (χ4n) is 1.83. The van der Waals surface area contributed by atoms with E-state index in [9.17, 15) is 9.18 Å². The smallest absolute Gasteiger partial charge is 0.220 e. The van der Waals surface area contributed by atoms with Crippen molar-refractivity contribution < 1.29 is 9.18 Å². The normalized spacial score (nSPS) is 12.9. The molecule has 0 aliphatic heterocycles. The Hall–Kier alpha value is -1.49. The van der Waals surface area contributed by atoms with Gasteiger partial charge in [0.25, 0.3) is 0 Å². The van der Waals surface area contributed by atoms with Gasteiger partial charge in [-0.1, -0.05) is 13.8 Å². The molecule has 1 atom stereocenters. The first-order chi connectivity index (χ1) is 8.95. The topological polar surface area (TPSA) is 42.0 Å². The molecule has 0 unspecified atom stereocenters. The molecule has 0 aliphatic carbocycles. The van der Waals surface area contributed by atoms with Crippen molar-refractivity contribution >= 4 is 27.5 Å². The molecule has 0 spiro atoms. The van der Waals surface area contributed by atoms with E-state index in [2.05, 4.69) is 10.3 Å². The summed E-state index contributed by atoms with van der Waals surface area (Å²) in [6.07, 6.45) is 0.504. The molecule has 19 heavy (non-hydrogen) atoms. The molecule has 1 N–H and O–H groups in total. The first-order valence-electron chi connectivity index (χ1n) is 6.31. The molecular formula is C14H17FN2OS. The Morgan fingerprint density at radius 1 is 1.42 bits per heavy atom. The van der Waals surface area contributed by atoms with Crippen molar-refractivity contribution in [3.05, 3.63) is 29.0 Å². The van der Waals surface area contributed by atoms with Crippen LogP contribution in [0.1, 0.15) is 38.2 Å². The summed E-state index contributed by atoms with van der Waals surface area (Å²) >= 11 is 1.41. The number of carbonyl (C=O) groups excluding carboxylic acids is 1. The lowest BCUT2D eigenvalue weighted by Crippen LogP contribution is -2.27. The Kier molecular flexibility index (Phi) is 4.14. The number of benzene rings is 1. The first-order valence-corrected chi connectivity index (χ1v) is 7.12. The van der Waals surface area contributed by atoms with Gasteiger partial charge >= 0.3 is 0 Å². The van der Waals surface area contributed by atoms with E-state index in [1.54, 1.807) is 6.07 Å². The van der Waals surface area contributed by atoms with Gasteiger partial charge < -0.3 is 5.32 Å². The molecule has 1 aromatic carbocycles. The molecule has 102 valence electrons. The van der Waals surface area contributed by atoms with Gasteiger partial charge in [-0.05, 0) is 31.0 Å². The van der Waals surface area contributed by atoms with Crippen molar-refractivity contribution in [2.24, 2.45) is 5.92 Å². The molecule has 0 radical (unpaired) electrons. The Morgan fingerprint density at radius 2 is 2.16 bits per heavy atom. The Bertz CT molecular complexity index is 594. The van der Waals surface area contributed by atoms with Gasteiger partial charge in [0.05, 0.1) is 16.3 Å². The molecule has 1 heterocycles. The van der Waals surface area contributed by atoms with Crippen molar-refractivity contribution in [2.75, 3.05) is 0 Å². The monoisotopic (exact) mass is 280 g/mol. The van der Waals surface area contributed by atoms with Gasteiger partial charge in [0.15, 0.2) is 0 Å². The summed E-state index contributed by atoms with van der Waals surface area (Å²) in [5.74, 6) is 0.0868. The molecule has 3 nitrogen and oxygen atoms in total. The number of nitrogens with one attached hydrogen (secondary N) is 1. The number of rotatable bonds is 4. The third kappa shape index (κ3) is 3.50. The first kappa shape index (κ1) is 13.9. The van der Waals surface area contributed by atoms with E-state index >= 15 is 0 Å². The van der Waals surface area contributed by atoms with Crippen LogP contribution in [0.2, 0.25) is 0 Å². The van der Waals surface area contributed by atoms with Crippen LogP contribution in [0.15, 0.2) is 18.2 Å². The largest absolute Gasteiger partial charge is 0.347 e. The van der Waals surface area contributed by atoms with Crippen molar-refractivity contribution in [2.45, 2.75) is 33.2 Å². The van der Waals surface area contributed by atoms with Gasteiger partial charge in [-0.15, -0.1) is 11.3 Å². The molecule has 1 amide bonds. The molecule has 2 rings (SSSR count). The van der Waals surface area contributed by atoms with Gasteiger partial charge in [0.1, 0.15) is 10.8 Å². The highest BCUT2D eigenvalue weighted by Crippen LogP contribution is 2.27. The quantitative estimate of drug-likeness (QED) is 0.928. The zero-order valence-corrected chi connectivity index (χ0v) is 12.1. The minimum atomic E-state index is -0.265. The fourth-order valence-corrected chi connectivity index (χ4v) is 2.83. The Morgan fingerprint density at radius 3 is 2.84 bits per heavy atom. The SMILES string of the molecule is CC(C)CC(=O)N[C@H](C)c1nc2ccc(F)cc2s1.